The molecule has 2 aromatic rings. The lowest BCUT2D eigenvalue weighted by atomic mass is 9.85. The van der Waals surface area contributed by atoms with E-state index in [1.807, 2.05) is 36.4 Å². The maximum absolute atomic E-state index is 13.3. The number of hydrogen-bond donors (Lipinski definition) is 0. The quantitative estimate of drug-likeness (QED) is 0.534. The van der Waals surface area contributed by atoms with Crippen LogP contribution in [0, 0.1) is 11.8 Å². The molecule has 0 N–H and O–H groups in total. The van der Waals surface area contributed by atoms with E-state index in [9.17, 15) is 14.4 Å². The predicted molar refractivity (Wildman–Crippen MR) is 115 cm³/mol. The Hall–Kier alpha value is -3.68. The summed E-state index contributed by atoms with van der Waals surface area (Å²) < 4.78 is 10.8. The van der Waals surface area contributed by atoms with E-state index in [-0.39, 0.29) is 30.2 Å². The van der Waals surface area contributed by atoms with Gasteiger partial charge in [-0.3, -0.25) is 19.3 Å². The number of ether oxygens (including phenoxy) is 1. The minimum absolute atomic E-state index is 0.272. The van der Waals surface area contributed by atoms with Crippen molar-refractivity contribution >= 4 is 23.4 Å². The van der Waals surface area contributed by atoms with Gasteiger partial charge in [0.25, 0.3) is 5.91 Å². The molecular weight excluding hydrogens is 410 g/mol. The van der Waals surface area contributed by atoms with E-state index in [0.29, 0.717) is 25.0 Å². The van der Waals surface area contributed by atoms with Crippen molar-refractivity contribution in [2.45, 2.75) is 25.3 Å². The lowest BCUT2D eigenvalue weighted by Gasteiger charge is -2.22. The fourth-order valence-electron chi connectivity index (χ4n) is 4.63. The second-order valence-corrected chi connectivity index (χ2v) is 8.17. The summed E-state index contributed by atoms with van der Waals surface area (Å²) in [6.07, 6.45) is 6.95. The molecule has 3 amide bonds. The molecule has 8 heteroatoms. The second-order valence-electron chi connectivity index (χ2n) is 8.17. The third-order valence-corrected chi connectivity index (χ3v) is 6.35. The third kappa shape index (κ3) is 3.41. The summed E-state index contributed by atoms with van der Waals surface area (Å²) in [4.78, 5) is 40.0. The molecule has 1 saturated heterocycles. The van der Waals surface area contributed by atoms with Crippen LogP contribution < -0.4 is 4.74 Å². The Morgan fingerprint density at radius 3 is 2.38 bits per heavy atom. The lowest BCUT2D eigenvalue weighted by Crippen LogP contribution is -2.41. The number of furan rings is 1. The van der Waals surface area contributed by atoms with E-state index in [1.54, 1.807) is 25.5 Å². The van der Waals surface area contributed by atoms with Crippen molar-refractivity contribution in [1.82, 2.24) is 9.91 Å². The van der Waals surface area contributed by atoms with Crippen LogP contribution in [-0.4, -0.2) is 47.0 Å². The van der Waals surface area contributed by atoms with E-state index in [4.69, 9.17) is 9.15 Å². The van der Waals surface area contributed by atoms with Crippen LogP contribution in [0.1, 0.15) is 36.6 Å². The molecule has 1 aliphatic carbocycles. The molecule has 164 valence electrons. The molecule has 1 aromatic heterocycles. The van der Waals surface area contributed by atoms with Gasteiger partial charge >= 0.3 is 0 Å². The monoisotopic (exact) mass is 433 g/mol. The summed E-state index contributed by atoms with van der Waals surface area (Å²) in [5, 5.41) is 5.92. The number of allylic oxidation sites excluding steroid dienone is 2. The highest BCUT2D eigenvalue weighted by molar-refractivity contribution is 6.08. The molecule has 5 rings (SSSR count). The van der Waals surface area contributed by atoms with Crippen LogP contribution in [0.2, 0.25) is 0 Å². The van der Waals surface area contributed by atoms with Crippen molar-refractivity contribution in [3.63, 3.8) is 0 Å². The number of carbonyl (C=O) groups is 3. The molecular formula is C24H23N3O5. The minimum atomic E-state index is -0.439. The number of amides is 3. The van der Waals surface area contributed by atoms with Gasteiger partial charge in [0.15, 0.2) is 0 Å². The molecule has 0 bridgehead atoms. The van der Waals surface area contributed by atoms with Crippen molar-refractivity contribution in [3.05, 3.63) is 66.1 Å². The summed E-state index contributed by atoms with van der Waals surface area (Å²) in [6, 6.07) is 10.6. The third-order valence-electron chi connectivity index (χ3n) is 6.35. The normalized spacial score (nSPS) is 24.7. The van der Waals surface area contributed by atoms with Crippen LogP contribution in [0.15, 0.2) is 64.3 Å². The first-order chi connectivity index (χ1) is 15.6. The van der Waals surface area contributed by atoms with Crippen molar-refractivity contribution in [3.8, 4) is 5.75 Å². The summed E-state index contributed by atoms with van der Waals surface area (Å²) in [5.41, 5.74) is 1.59. The molecule has 0 radical (unpaired) electrons. The van der Waals surface area contributed by atoms with Crippen LogP contribution in [0.25, 0.3) is 0 Å². The minimum Gasteiger partial charge on any atom is -0.497 e. The molecule has 2 aliphatic heterocycles. The molecule has 3 atom stereocenters. The zero-order chi connectivity index (χ0) is 22.2. The fraction of sp³-hybridized carbons (Fsp3) is 0.333. The Balaban J connectivity index is 1.40. The van der Waals surface area contributed by atoms with E-state index < -0.39 is 11.9 Å². The first-order valence-electron chi connectivity index (χ1n) is 10.6. The number of hydrazone groups is 1. The summed E-state index contributed by atoms with van der Waals surface area (Å²) in [6.45, 7) is -0.318. The van der Waals surface area contributed by atoms with Gasteiger partial charge in [0.2, 0.25) is 11.8 Å². The van der Waals surface area contributed by atoms with Gasteiger partial charge in [-0.1, -0.05) is 12.2 Å². The topological polar surface area (TPSA) is 92.4 Å². The molecule has 0 unspecified atom stereocenters. The molecule has 8 nitrogen and oxygen atoms in total. The number of carbonyl (C=O) groups excluding carboxylic acids is 3. The summed E-state index contributed by atoms with van der Waals surface area (Å²) in [5.74, 6) is -0.358. The van der Waals surface area contributed by atoms with Gasteiger partial charge in [0.05, 0.1) is 30.9 Å². The summed E-state index contributed by atoms with van der Waals surface area (Å²) in [7, 11) is 1.60. The Labute approximate surface area is 185 Å². The van der Waals surface area contributed by atoms with E-state index in [1.165, 1.54) is 5.01 Å². The maximum Gasteiger partial charge on any atom is 0.263 e. The van der Waals surface area contributed by atoms with Gasteiger partial charge < -0.3 is 9.15 Å². The highest BCUT2D eigenvalue weighted by Gasteiger charge is 2.48. The first kappa shape index (κ1) is 20.2. The molecule has 1 aromatic carbocycles. The van der Waals surface area contributed by atoms with E-state index in [2.05, 4.69) is 5.10 Å². The van der Waals surface area contributed by atoms with Gasteiger partial charge in [-0.05, 0) is 54.8 Å². The SMILES string of the molecule is COc1ccc(C2=NN(C(=O)CN3C(=O)[C@H]4CC=CC[C@H]4C3=O)[C@H](c3ccco3)C2)cc1. The molecule has 0 spiro atoms. The molecule has 3 aliphatic rings. The van der Waals surface area contributed by atoms with Gasteiger partial charge in [-0.15, -0.1) is 0 Å². The number of benzene rings is 1. The number of methoxy groups -OCH3 is 1. The van der Waals surface area contributed by atoms with Crippen LogP contribution >= 0.6 is 0 Å². The first-order valence-corrected chi connectivity index (χ1v) is 10.6. The Kier molecular flexibility index (Phi) is 5.13. The Morgan fingerprint density at radius 1 is 1.09 bits per heavy atom. The van der Waals surface area contributed by atoms with Gasteiger partial charge in [0, 0.05) is 6.42 Å². The largest absolute Gasteiger partial charge is 0.497 e. The number of fused-ring (bicyclic) bond motifs is 1. The summed E-state index contributed by atoms with van der Waals surface area (Å²) >= 11 is 0. The van der Waals surface area contributed by atoms with Crippen LogP contribution in [0.3, 0.4) is 0 Å². The highest BCUT2D eigenvalue weighted by Crippen LogP contribution is 2.37. The van der Waals surface area contributed by atoms with Crippen LogP contribution in [0.4, 0.5) is 0 Å². The fourth-order valence-corrected chi connectivity index (χ4v) is 4.63. The maximum atomic E-state index is 13.3. The number of likely N-dealkylation sites (tertiary alicyclic amines) is 1. The Morgan fingerprint density at radius 2 is 1.78 bits per heavy atom. The average Bonchev–Trinajstić information content (AvgIpc) is 3.55. The standard InChI is InChI=1S/C24H23N3O5/c1-31-16-10-8-15(9-11-16)19-13-20(21-7-4-12-32-21)27(25-19)22(28)14-26-23(29)17-5-2-3-6-18(17)24(26)30/h2-4,7-12,17-18,20H,5-6,13-14H2,1H3/t17-,18+,20-/m0/s1. The van der Waals surface area contributed by atoms with Crippen molar-refractivity contribution in [1.29, 1.82) is 0 Å². The molecule has 32 heavy (non-hydrogen) atoms. The second kappa shape index (κ2) is 8.11. The number of hydrogen-bond acceptors (Lipinski definition) is 6. The number of nitrogens with zero attached hydrogens (tertiary/aromatic N) is 3. The zero-order valence-corrected chi connectivity index (χ0v) is 17.6. The van der Waals surface area contributed by atoms with E-state index in [0.717, 1.165) is 21.9 Å². The number of imide groups is 1. The zero-order valence-electron chi connectivity index (χ0n) is 17.6. The van der Waals surface area contributed by atoms with Crippen molar-refractivity contribution < 1.29 is 23.5 Å². The van der Waals surface area contributed by atoms with Crippen LogP contribution in [-0.2, 0) is 14.4 Å². The van der Waals surface area contributed by atoms with Crippen LogP contribution in [0.5, 0.6) is 5.75 Å². The molecule has 0 saturated carbocycles. The molecule has 3 heterocycles. The van der Waals surface area contributed by atoms with Gasteiger partial charge in [-0.25, -0.2) is 5.01 Å². The van der Waals surface area contributed by atoms with Crippen molar-refractivity contribution in [2.75, 3.05) is 13.7 Å². The number of rotatable bonds is 5. The van der Waals surface area contributed by atoms with Crippen molar-refractivity contribution in [2.24, 2.45) is 16.9 Å². The smallest absolute Gasteiger partial charge is 0.263 e. The predicted octanol–water partition coefficient (Wildman–Crippen LogP) is 2.92. The van der Waals surface area contributed by atoms with E-state index >= 15 is 0 Å². The average molecular weight is 433 g/mol. The molecule has 1 fully saturated rings. The highest BCUT2D eigenvalue weighted by atomic mass is 16.5. The lowest BCUT2D eigenvalue weighted by molar-refractivity contribution is -0.147. The Bertz CT molecular complexity index is 1080. The van der Waals surface area contributed by atoms with Gasteiger partial charge in [-0.2, -0.15) is 5.10 Å². The van der Waals surface area contributed by atoms with Gasteiger partial charge in [0.1, 0.15) is 24.1 Å².